The molecule has 0 saturated carbocycles. The number of carbonyl (C=O) groups excluding carboxylic acids is 1. The molecule has 0 N–H and O–H groups in total. The third-order valence-electron chi connectivity index (χ3n) is 5.60. The van der Waals surface area contributed by atoms with Crippen molar-refractivity contribution in [3.8, 4) is 0 Å². The zero-order chi connectivity index (χ0) is 21.8. The van der Waals surface area contributed by atoms with Crippen molar-refractivity contribution in [1.82, 2.24) is 4.90 Å². The van der Waals surface area contributed by atoms with E-state index in [1.165, 1.54) is 5.56 Å². The van der Waals surface area contributed by atoms with Crippen LogP contribution in [0, 0.1) is 6.92 Å². The normalized spacial score (nSPS) is 14.6. The van der Waals surface area contributed by atoms with Gasteiger partial charge in [0.1, 0.15) is 0 Å². The molecular formula is C26H24Cl2N2O. The number of hydrogen-bond acceptors (Lipinski definition) is 2. The number of nitrogens with zero attached hydrogens (tertiary/aromatic N) is 2. The van der Waals surface area contributed by atoms with E-state index < -0.39 is 0 Å². The van der Waals surface area contributed by atoms with Crippen molar-refractivity contribution in [2.24, 2.45) is 0 Å². The van der Waals surface area contributed by atoms with Crippen LogP contribution in [0.25, 0.3) is 11.6 Å². The van der Waals surface area contributed by atoms with Gasteiger partial charge in [-0.1, -0.05) is 77.8 Å². The largest absolute Gasteiger partial charge is 0.368 e. The molecule has 0 radical (unpaired) electrons. The van der Waals surface area contributed by atoms with Crippen LogP contribution in [0.3, 0.4) is 0 Å². The molecule has 158 valence electrons. The van der Waals surface area contributed by atoms with Gasteiger partial charge in [0.25, 0.3) is 5.91 Å². The molecule has 1 amide bonds. The summed E-state index contributed by atoms with van der Waals surface area (Å²) in [5.74, 6) is 0.0218. The molecular weight excluding hydrogens is 427 g/mol. The van der Waals surface area contributed by atoms with Gasteiger partial charge in [-0.3, -0.25) is 4.79 Å². The van der Waals surface area contributed by atoms with Gasteiger partial charge in [-0.15, -0.1) is 0 Å². The maximum atomic E-state index is 13.6. The Kier molecular flexibility index (Phi) is 6.64. The SMILES string of the molecule is Cc1ccc(Cl)cc1N1CCN(C(=O)/C(=C/c2ccccc2Cl)c2ccccc2)CC1. The number of carbonyl (C=O) groups is 1. The molecule has 0 bridgehead atoms. The highest BCUT2D eigenvalue weighted by Crippen LogP contribution is 2.28. The average Bonchev–Trinajstić information content (AvgIpc) is 2.80. The van der Waals surface area contributed by atoms with Crippen LogP contribution in [0.5, 0.6) is 0 Å². The van der Waals surface area contributed by atoms with Gasteiger partial charge in [0, 0.05) is 47.5 Å². The van der Waals surface area contributed by atoms with Crippen molar-refractivity contribution in [3.05, 3.63) is 99.5 Å². The fourth-order valence-electron chi connectivity index (χ4n) is 3.88. The standard InChI is InChI=1S/C26H24Cl2N2O/c1-19-11-12-22(27)18-25(19)29-13-15-30(16-14-29)26(31)23(20-7-3-2-4-8-20)17-21-9-5-6-10-24(21)28/h2-12,17-18H,13-16H2,1H3/b23-17+. The number of amides is 1. The summed E-state index contributed by atoms with van der Waals surface area (Å²) in [6, 6.07) is 23.3. The Hall–Kier alpha value is -2.75. The molecule has 0 aromatic heterocycles. The number of benzene rings is 3. The Morgan fingerprint density at radius 1 is 0.871 bits per heavy atom. The molecule has 1 heterocycles. The van der Waals surface area contributed by atoms with Gasteiger partial charge in [-0.25, -0.2) is 0 Å². The van der Waals surface area contributed by atoms with Gasteiger partial charge in [0.15, 0.2) is 0 Å². The Morgan fingerprint density at radius 2 is 1.55 bits per heavy atom. The third-order valence-corrected chi connectivity index (χ3v) is 6.18. The zero-order valence-corrected chi connectivity index (χ0v) is 18.9. The van der Waals surface area contributed by atoms with Gasteiger partial charge < -0.3 is 9.80 Å². The van der Waals surface area contributed by atoms with Gasteiger partial charge >= 0.3 is 0 Å². The van der Waals surface area contributed by atoms with Gasteiger partial charge in [-0.05, 0) is 47.9 Å². The zero-order valence-electron chi connectivity index (χ0n) is 17.4. The minimum atomic E-state index is 0.0218. The fourth-order valence-corrected chi connectivity index (χ4v) is 4.23. The molecule has 1 aliphatic heterocycles. The second-order valence-corrected chi connectivity index (χ2v) is 8.50. The molecule has 1 aliphatic rings. The minimum Gasteiger partial charge on any atom is -0.368 e. The number of anilines is 1. The van der Waals surface area contributed by atoms with E-state index in [0.29, 0.717) is 23.7 Å². The molecule has 0 atom stereocenters. The number of piperazine rings is 1. The van der Waals surface area contributed by atoms with Gasteiger partial charge in [-0.2, -0.15) is 0 Å². The first kappa shape index (κ1) is 21.5. The smallest absolute Gasteiger partial charge is 0.254 e. The van der Waals surface area contributed by atoms with Gasteiger partial charge in [0.2, 0.25) is 0 Å². The molecule has 4 rings (SSSR count). The molecule has 3 nitrogen and oxygen atoms in total. The predicted octanol–water partition coefficient (Wildman–Crippen LogP) is 6.19. The topological polar surface area (TPSA) is 23.6 Å². The van der Waals surface area contributed by atoms with E-state index in [-0.39, 0.29) is 5.91 Å². The van der Waals surface area contributed by atoms with E-state index in [1.54, 1.807) is 0 Å². The Morgan fingerprint density at radius 3 is 2.26 bits per heavy atom. The van der Waals surface area contributed by atoms with Crippen molar-refractivity contribution in [2.75, 3.05) is 31.1 Å². The summed E-state index contributed by atoms with van der Waals surface area (Å²) in [4.78, 5) is 17.8. The first-order valence-electron chi connectivity index (χ1n) is 10.3. The summed E-state index contributed by atoms with van der Waals surface area (Å²) in [7, 11) is 0. The van der Waals surface area contributed by atoms with Crippen molar-refractivity contribution in [1.29, 1.82) is 0 Å². The highest BCUT2D eigenvalue weighted by Gasteiger charge is 2.25. The minimum absolute atomic E-state index is 0.0218. The molecule has 1 fully saturated rings. The quantitative estimate of drug-likeness (QED) is 0.349. The van der Waals surface area contributed by atoms with E-state index in [1.807, 2.05) is 83.8 Å². The molecule has 0 spiro atoms. The van der Waals surface area contributed by atoms with Crippen molar-refractivity contribution < 1.29 is 4.79 Å². The monoisotopic (exact) mass is 450 g/mol. The van der Waals surface area contributed by atoms with Crippen molar-refractivity contribution >= 4 is 46.4 Å². The highest BCUT2D eigenvalue weighted by molar-refractivity contribution is 6.33. The van der Waals surface area contributed by atoms with Crippen LogP contribution in [0.15, 0.2) is 72.8 Å². The molecule has 31 heavy (non-hydrogen) atoms. The van der Waals surface area contributed by atoms with E-state index >= 15 is 0 Å². The summed E-state index contributed by atoms with van der Waals surface area (Å²) < 4.78 is 0. The molecule has 1 saturated heterocycles. The molecule has 3 aromatic carbocycles. The van der Waals surface area contributed by atoms with Crippen molar-refractivity contribution in [3.63, 3.8) is 0 Å². The maximum Gasteiger partial charge on any atom is 0.254 e. The van der Waals surface area contributed by atoms with Crippen LogP contribution in [-0.4, -0.2) is 37.0 Å². The molecule has 3 aromatic rings. The Balaban J connectivity index is 1.57. The van der Waals surface area contributed by atoms with Crippen LogP contribution in [0.4, 0.5) is 5.69 Å². The van der Waals surface area contributed by atoms with Crippen molar-refractivity contribution in [2.45, 2.75) is 6.92 Å². The lowest BCUT2D eigenvalue weighted by molar-refractivity contribution is -0.125. The summed E-state index contributed by atoms with van der Waals surface area (Å²) in [5, 5.41) is 1.36. The van der Waals surface area contributed by atoms with E-state index in [2.05, 4.69) is 11.8 Å². The van der Waals surface area contributed by atoms with Crippen LogP contribution in [-0.2, 0) is 4.79 Å². The molecule has 0 unspecified atom stereocenters. The van der Waals surface area contributed by atoms with Crippen LogP contribution < -0.4 is 4.90 Å². The Bertz CT molecular complexity index is 1100. The Labute approximate surface area is 193 Å². The van der Waals surface area contributed by atoms with Crippen LogP contribution >= 0.6 is 23.2 Å². The maximum absolute atomic E-state index is 13.6. The molecule has 5 heteroatoms. The highest BCUT2D eigenvalue weighted by atomic mass is 35.5. The third kappa shape index (κ3) is 4.95. The van der Waals surface area contributed by atoms with E-state index in [9.17, 15) is 4.79 Å². The number of rotatable bonds is 4. The average molecular weight is 451 g/mol. The summed E-state index contributed by atoms with van der Waals surface area (Å²) >= 11 is 12.6. The summed E-state index contributed by atoms with van der Waals surface area (Å²) in [5.41, 5.74) is 4.70. The summed E-state index contributed by atoms with van der Waals surface area (Å²) in [6.45, 7) is 4.92. The lowest BCUT2D eigenvalue weighted by atomic mass is 10.0. The first-order chi connectivity index (χ1) is 15.0. The lowest BCUT2D eigenvalue weighted by Crippen LogP contribution is -2.49. The second kappa shape index (κ2) is 9.59. The summed E-state index contributed by atoms with van der Waals surface area (Å²) in [6.07, 6.45) is 1.90. The number of aryl methyl sites for hydroxylation is 1. The number of halogens is 2. The van der Waals surface area contributed by atoms with Crippen LogP contribution in [0.2, 0.25) is 10.0 Å². The predicted molar refractivity (Wildman–Crippen MR) is 131 cm³/mol. The lowest BCUT2D eigenvalue weighted by Gasteiger charge is -2.37. The molecule has 0 aliphatic carbocycles. The second-order valence-electron chi connectivity index (χ2n) is 7.66. The van der Waals surface area contributed by atoms with Crippen LogP contribution in [0.1, 0.15) is 16.7 Å². The van der Waals surface area contributed by atoms with E-state index in [4.69, 9.17) is 23.2 Å². The van der Waals surface area contributed by atoms with Gasteiger partial charge in [0.05, 0.1) is 0 Å². The fraction of sp³-hybridized carbons (Fsp3) is 0.192. The first-order valence-corrected chi connectivity index (χ1v) is 11.1. The number of hydrogen-bond donors (Lipinski definition) is 0. The van der Waals surface area contributed by atoms with E-state index in [0.717, 1.165) is 34.9 Å².